The van der Waals surface area contributed by atoms with E-state index in [4.69, 9.17) is 10.1 Å². The van der Waals surface area contributed by atoms with E-state index in [9.17, 15) is 9.59 Å². The fourth-order valence-corrected chi connectivity index (χ4v) is 4.02. The SMILES string of the molecule is C=CN=C(/C=C/C(=O)/C=C/c1nc2c(N3CCN(C)CC3)cc(C)cc2[nH]1)C(=C)C.CO.Cc1cccnc1C=O. The molecule has 2 N–H and O–H groups in total. The number of aliphatic imine (C=N–C) groups is 1. The van der Waals surface area contributed by atoms with Gasteiger partial charge in [-0.25, -0.2) is 4.98 Å². The van der Waals surface area contributed by atoms with Crippen LogP contribution < -0.4 is 4.90 Å². The zero-order chi connectivity index (χ0) is 30.4. The molecule has 1 aromatic carbocycles. The molecule has 0 unspecified atom stereocenters. The Hall–Kier alpha value is -4.47. The smallest absolute Gasteiger partial charge is 0.178 e. The van der Waals surface area contributed by atoms with Crippen molar-refractivity contribution in [2.24, 2.45) is 4.99 Å². The average molecular weight is 557 g/mol. The predicted molar refractivity (Wildman–Crippen MR) is 169 cm³/mol. The molecule has 1 saturated heterocycles. The first-order valence-corrected chi connectivity index (χ1v) is 13.2. The summed E-state index contributed by atoms with van der Waals surface area (Å²) in [6.07, 6.45) is 10.1. The van der Waals surface area contributed by atoms with Crippen LogP contribution in [0, 0.1) is 13.8 Å². The Morgan fingerprint density at radius 1 is 1.12 bits per heavy atom. The molecule has 9 nitrogen and oxygen atoms in total. The number of imidazole rings is 1. The normalized spacial score (nSPS) is 13.9. The molecule has 0 amide bonds. The zero-order valence-electron chi connectivity index (χ0n) is 24.6. The summed E-state index contributed by atoms with van der Waals surface area (Å²) in [6, 6.07) is 7.94. The van der Waals surface area contributed by atoms with Gasteiger partial charge in [0.2, 0.25) is 0 Å². The second-order valence-electron chi connectivity index (χ2n) is 9.46. The number of H-pyrrole nitrogens is 1. The number of piperazine rings is 1. The zero-order valence-corrected chi connectivity index (χ0v) is 24.6. The first-order valence-electron chi connectivity index (χ1n) is 13.2. The molecule has 3 aromatic rings. The van der Waals surface area contributed by atoms with E-state index in [0.29, 0.717) is 17.2 Å². The van der Waals surface area contributed by atoms with E-state index < -0.39 is 0 Å². The van der Waals surface area contributed by atoms with Gasteiger partial charge in [-0.3, -0.25) is 19.6 Å². The fraction of sp³-hybridized carbons (Fsp3) is 0.281. The number of rotatable bonds is 8. The number of aryl methyl sites for hydroxylation is 2. The number of hydrogen-bond donors (Lipinski definition) is 2. The quantitative estimate of drug-likeness (QED) is 0.234. The summed E-state index contributed by atoms with van der Waals surface area (Å²) in [4.78, 5) is 43.1. The number of hydrogen-bond acceptors (Lipinski definition) is 8. The Kier molecular flexibility index (Phi) is 13.2. The van der Waals surface area contributed by atoms with Crippen LogP contribution in [0.3, 0.4) is 0 Å². The highest BCUT2D eigenvalue weighted by Gasteiger charge is 2.18. The minimum absolute atomic E-state index is 0.149. The molecule has 1 aliphatic heterocycles. The number of benzene rings is 1. The van der Waals surface area contributed by atoms with Crippen LogP contribution in [-0.2, 0) is 4.79 Å². The number of allylic oxidation sites excluding steroid dienone is 4. The van der Waals surface area contributed by atoms with Crippen LogP contribution in [0.15, 0.2) is 78.6 Å². The number of aromatic nitrogens is 3. The molecule has 41 heavy (non-hydrogen) atoms. The third kappa shape index (κ3) is 9.90. The number of pyridine rings is 1. The van der Waals surface area contributed by atoms with Crippen LogP contribution in [0.4, 0.5) is 5.69 Å². The molecule has 1 aliphatic rings. The third-order valence-corrected chi connectivity index (χ3v) is 6.21. The van der Waals surface area contributed by atoms with Crippen molar-refractivity contribution in [2.75, 3.05) is 45.2 Å². The molecule has 216 valence electrons. The summed E-state index contributed by atoms with van der Waals surface area (Å²) >= 11 is 0. The van der Waals surface area contributed by atoms with Crippen molar-refractivity contribution in [3.63, 3.8) is 0 Å². The number of anilines is 1. The van der Waals surface area contributed by atoms with Gasteiger partial charge in [0, 0.05) is 45.7 Å². The molecule has 4 rings (SSSR count). The number of aliphatic hydroxyl groups excluding tert-OH is 1. The number of ketones is 1. The summed E-state index contributed by atoms with van der Waals surface area (Å²) in [5.41, 5.74) is 7.10. The Morgan fingerprint density at radius 2 is 1.83 bits per heavy atom. The molecular weight excluding hydrogens is 516 g/mol. The van der Waals surface area contributed by atoms with E-state index in [1.807, 2.05) is 26.0 Å². The summed E-state index contributed by atoms with van der Waals surface area (Å²) in [7, 11) is 3.15. The highest BCUT2D eigenvalue weighted by atomic mass is 16.2. The molecule has 0 saturated carbocycles. The van der Waals surface area contributed by atoms with E-state index in [1.165, 1.54) is 23.9 Å². The van der Waals surface area contributed by atoms with Crippen molar-refractivity contribution in [2.45, 2.75) is 20.8 Å². The Labute approximate surface area is 242 Å². The molecule has 0 spiro atoms. The van der Waals surface area contributed by atoms with Gasteiger partial charge in [0.1, 0.15) is 17.0 Å². The molecule has 0 aliphatic carbocycles. The van der Waals surface area contributed by atoms with Gasteiger partial charge in [-0.15, -0.1) is 0 Å². The van der Waals surface area contributed by atoms with Crippen molar-refractivity contribution >= 4 is 40.6 Å². The van der Waals surface area contributed by atoms with E-state index in [1.54, 1.807) is 18.3 Å². The Morgan fingerprint density at radius 3 is 2.41 bits per heavy atom. The monoisotopic (exact) mass is 556 g/mol. The van der Waals surface area contributed by atoms with Crippen molar-refractivity contribution < 1.29 is 14.7 Å². The highest BCUT2D eigenvalue weighted by Crippen LogP contribution is 2.28. The predicted octanol–water partition coefficient (Wildman–Crippen LogP) is 4.73. The molecule has 2 aromatic heterocycles. The lowest BCUT2D eigenvalue weighted by Gasteiger charge is -2.34. The van der Waals surface area contributed by atoms with E-state index in [-0.39, 0.29) is 5.78 Å². The van der Waals surface area contributed by atoms with Gasteiger partial charge in [0.05, 0.1) is 16.9 Å². The van der Waals surface area contributed by atoms with Crippen molar-refractivity contribution in [1.29, 1.82) is 0 Å². The number of likely N-dealkylation sites (N-methyl/N-ethyl adjacent to an activating group) is 1. The van der Waals surface area contributed by atoms with Crippen molar-refractivity contribution in [3.05, 3.63) is 96.3 Å². The van der Waals surface area contributed by atoms with Crippen LogP contribution in [0.25, 0.3) is 17.1 Å². The lowest BCUT2D eigenvalue weighted by Crippen LogP contribution is -2.44. The maximum absolute atomic E-state index is 12.2. The molecule has 0 atom stereocenters. The van der Waals surface area contributed by atoms with Crippen LogP contribution in [0.1, 0.15) is 34.4 Å². The molecule has 1 fully saturated rings. The second kappa shape index (κ2) is 16.6. The van der Waals surface area contributed by atoms with Crippen LogP contribution in [0.2, 0.25) is 0 Å². The van der Waals surface area contributed by atoms with Gasteiger partial charge in [-0.2, -0.15) is 0 Å². The van der Waals surface area contributed by atoms with Crippen LogP contribution in [-0.4, -0.2) is 83.1 Å². The van der Waals surface area contributed by atoms with Crippen molar-refractivity contribution in [1.82, 2.24) is 19.9 Å². The van der Waals surface area contributed by atoms with E-state index in [0.717, 1.165) is 67.4 Å². The van der Waals surface area contributed by atoms with Crippen molar-refractivity contribution in [3.8, 4) is 0 Å². The van der Waals surface area contributed by atoms with E-state index in [2.05, 4.69) is 64.0 Å². The second-order valence-corrected chi connectivity index (χ2v) is 9.46. The number of aldehydes is 1. The summed E-state index contributed by atoms with van der Waals surface area (Å²) in [5, 5.41) is 7.00. The molecule has 9 heteroatoms. The standard InChI is InChI=1S/C24H29N5O.C7H7NO.CH4O/c1-6-25-20(17(2)3)9-7-19(30)8-10-23-26-21-15-18(4)16-22(24(21)27-23)29-13-11-28(5)12-14-29;1-6-3-2-4-8-7(6)5-9;1-2/h6-10,15-16H,1-2,11-14H2,3-5H3,(H,26,27);2-5H,1H3;2H,1H3/b9-7+,10-8+,25-20?;;. The molecule has 0 radical (unpaired) electrons. The average Bonchev–Trinajstić information content (AvgIpc) is 3.38. The van der Waals surface area contributed by atoms with Crippen LogP contribution in [0.5, 0.6) is 0 Å². The first kappa shape index (κ1) is 32.7. The van der Waals surface area contributed by atoms with Gasteiger partial charge in [-0.1, -0.05) is 19.2 Å². The topological polar surface area (TPSA) is 115 Å². The number of aliphatic hydroxyl groups is 1. The third-order valence-electron chi connectivity index (χ3n) is 6.21. The molecule has 0 bridgehead atoms. The number of carbonyl (C=O) groups excluding carboxylic acids is 2. The largest absolute Gasteiger partial charge is 0.400 e. The molecular formula is C32H40N6O3. The maximum Gasteiger partial charge on any atom is 0.178 e. The number of nitrogens with zero attached hydrogens (tertiary/aromatic N) is 5. The number of carbonyl (C=O) groups is 2. The lowest BCUT2D eigenvalue weighted by molar-refractivity contribution is -0.110. The van der Waals surface area contributed by atoms with E-state index >= 15 is 0 Å². The first-order chi connectivity index (χ1) is 19.7. The Balaban J connectivity index is 0.000000450. The highest BCUT2D eigenvalue weighted by molar-refractivity contribution is 6.12. The lowest BCUT2D eigenvalue weighted by atomic mass is 10.1. The number of fused-ring (bicyclic) bond motifs is 1. The van der Waals surface area contributed by atoms with Gasteiger partial charge in [0.25, 0.3) is 0 Å². The number of aromatic amines is 1. The van der Waals surface area contributed by atoms with Gasteiger partial charge in [0.15, 0.2) is 12.1 Å². The minimum Gasteiger partial charge on any atom is -0.400 e. The van der Waals surface area contributed by atoms with Gasteiger partial charge >= 0.3 is 0 Å². The molecule has 3 heterocycles. The van der Waals surface area contributed by atoms with Gasteiger partial charge in [-0.05, 0) is 87.0 Å². The summed E-state index contributed by atoms with van der Waals surface area (Å²) in [6.45, 7) is 17.2. The summed E-state index contributed by atoms with van der Waals surface area (Å²) in [5.74, 6) is 0.511. The minimum atomic E-state index is -0.149. The van der Waals surface area contributed by atoms with Crippen LogP contribution >= 0.6 is 0 Å². The summed E-state index contributed by atoms with van der Waals surface area (Å²) < 4.78 is 0. The fourth-order valence-electron chi connectivity index (χ4n) is 4.02. The maximum atomic E-state index is 12.2. The Bertz CT molecular complexity index is 1440. The van der Waals surface area contributed by atoms with Gasteiger partial charge < -0.3 is 19.9 Å². The number of nitrogens with one attached hydrogen (secondary N) is 1.